The number of oxime groups is 1. The number of nitrogens with zero attached hydrogens (tertiary/aromatic N) is 1. The van der Waals surface area contributed by atoms with Crippen molar-refractivity contribution in [1.29, 1.82) is 0 Å². The number of allylic oxidation sites excluding steroid dienone is 3. The minimum absolute atomic E-state index is 0.304. The minimum atomic E-state index is -0.801. The third-order valence-electron chi connectivity index (χ3n) is 4.02. The molecule has 4 nitrogen and oxygen atoms in total. The SMILES string of the molecule is CCCC1C(=C(Cl)Cl)CC2=C1CCCC2=NOC(=O)OC. The molecule has 116 valence electrons. The molecule has 0 saturated carbocycles. The van der Waals surface area contributed by atoms with Gasteiger partial charge in [-0.2, -0.15) is 0 Å². The van der Waals surface area contributed by atoms with E-state index < -0.39 is 6.16 Å². The fourth-order valence-electron chi connectivity index (χ4n) is 3.12. The highest BCUT2D eigenvalue weighted by atomic mass is 35.5. The highest BCUT2D eigenvalue weighted by molar-refractivity contribution is 6.56. The lowest BCUT2D eigenvalue weighted by Gasteiger charge is -2.20. The first-order chi connectivity index (χ1) is 10.1. The van der Waals surface area contributed by atoms with Crippen molar-refractivity contribution in [2.75, 3.05) is 7.11 Å². The van der Waals surface area contributed by atoms with Crippen molar-refractivity contribution in [3.63, 3.8) is 0 Å². The monoisotopic (exact) mass is 331 g/mol. The van der Waals surface area contributed by atoms with Crippen LogP contribution in [0, 0.1) is 5.92 Å². The van der Waals surface area contributed by atoms with Crippen LogP contribution in [0.5, 0.6) is 0 Å². The zero-order valence-electron chi connectivity index (χ0n) is 12.2. The predicted molar refractivity (Wildman–Crippen MR) is 83.5 cm³/mol. The van der Waals surface area contributed by atoms with Gasteiger partial charge in [0.15, 0.2) is 0 Å². The first-order valence-corrected chi connectivity index (χ1v) is 7.92. The van der Waals surface area contributed by atoms with Gasteiger partial charge in [0.05, 0.1) is 12.8 Å². The molecule has 0 N–H and O–H groups in total. The van der Waals surface area contributed by atoms with Crippen LogP contribution in [0.1, 0.15) is 45.4 Å². The molecule has 0 aromatic heterocycles. The molecule has 6 heteroatoms. The van der Waals surface area contributed by atoms with E-state index in [1.165, 1.54) is 12.7 Å². The Morgan fingerprint density at radius 1 is 1.38 bits per heavy atom. The molecule has 0 aromatic rings. The second-order valence-electron chi connectivity index (χ2n) is 5.24. The number of ether oxygens (including phenoxy) is 1. The Bertz CT molecular complexity index is 519. The van der Waals surface area contributed by atoms with Gasteiger partial charge in [0.1, 0.15) is 4.49 Å². The molecule has 2 rings (SSSR count). The minimum Gasteiger partial charge on any atom is -0.436 e. The lowest BCUT2D eigenvalue weighted by atomic mass is 9.86. The van der Waals surface area contributed by atoms with Crippen molar-refractivity contribution in [2.24, 2.45) is 11.1 Å². The molecular formula is C15H19Cl2NO3. The molecule has 0 fully saturated rings. The fourth-order valence-corrected chi connectivity index (χ4v) is 3.52. The molecule has 2 aliphatic carbocycles. The van der Waals surface area contributed by atoms with Gasteiger partial charge in [-0.3, -0.25) is 4.84 Å². The van der Waals surface area contributed by atoms with Crippen LogP contribution in [0.4, 0.5) is 4.79 Å². The van der Waals surface area contributed by atoms with E-state index in [0.29, 0.717) is 16.8 Å². The Kier molecular flexibility index (Phi) is 5.71. The van der Waals surface area contributed by atoms with Crippen molar-refractivity contribution in [2.45, 2.75) is 45.4 Å². The summed E-state index contributed by atoms with van der Waals surface area (Å²) in [6.45, 7) is 2.15. The van der Waals surface area contributed by atoms with Crippen LogP contribution < -0.4 is 0 Å². The first-order valence-electron chi connectivity index (χ1n) is 7.16. The van der Waals surface area contributed by atoms with Gasteiger partial charge >= 0.3 is 6.16 Å². The Balaban J connectivity index is 2.29. The molecule has 2 aliphatic rings. The van der Waals surface area contributed by atoms with Gasteiger partial charge in [0.25, 0.3) is 0 Å². The van der Waals surface area contributed by atoms with Gasteiger partial charge in [-0.1, -0.05) is 47.3 Å². The van der Waals surface area contributed by atoms with E-state index in [4.69, 9.17) is 28.0 Å². The summed E-state index contributed by atoms with van der Waals surface area (Å²) in [6, 6.07) is 0. The zero-order valence-corrected chi connectivity index (χ0v) is 13.8. The predicted octanol–water partition coefficient (Wildman–Crippen LogP) is 5.12. The number of rotatable bonds is 3. The van der Waals surface area contributed by atoms with Gasteiger partial charge in [-0.15, -0.1) is 0 Å². The Morgan fingerprint density at radius 3 is 2.76 bits per heavy atom. The lowest BCUT2D eigenvalue weighted by Crippen LogP contribution is -2.13. The number of hydrogen-bond acceptors (Lipinski definition) is 4. The van der Waals surface area contributed by atoms with Gasteiger partial charge < -0.3 is 4.74 Å². The Morgan fingerprint density at radius 2 is 2.14 bits per heavy atom. The van der Waals surface area contributed by atoms with Crippen molar-refractivity contribution < 1.29 is 14.4 Å². The van der Waals surface area contributed by atoms with Gasteiger partial charge in [0, 0.05) is 5.92 Å². The zero-order chi connectivity index (χ0) is 15.4. The lowest BCUT2D eigenvalue weighted by molar-refractivity contribution is 0.0751. The maximum absolute atomic E-state index is 11.1. The number of halogens is 2. The molecule has 0 bridgehead atoms. The van der Waals surface area contributed by atoms with E-state index in [1.807, 2.05) is 0 Å². The van der Waals surface area contributed by atoms with Crippen LogP contribution in [-0.4, -0.2) is 19.0 Å². The van der Waals surface area contributed by atoms with E-state index in [9.17, 15) is 4.79 Å². The number of carbonyl (C=O) groups is 1. The molecule has 0 amide bonds. The average Bonchev–Trinajstić information content (AvgIpc) is 2.85. The number of methoxy groups -OCH3 is 1. The standard InChI is InChI=1S/C15H19Cl2NO3/c1-3-5-9-10-6-4-7-13(18-21-15(19)20-2)11(10)8-12(9)14(16)17/h9H,3-8H2,1-2H3. The summed E-state index contributed by atoms with van der Waals surface area (Å²) in [7, 11) is 1.26. The summed E-state index contributed by atoms with van der Waals surface area (Å²) in [6.07, 6.45) is 4.81. The summed E-state index contributed by atoms with van der Waals surface area (Å²) in [5, 5.41) is 3.96. The van der Waals surface area contributed by atoms with Crippen molar-refractivity contribution in [3.05, 3.63) is 21.2 Å². The topological polar surface area (TPSA) is 47.9 Å². The van der Waals surface area contributed by atoms with Gasteiger partial charge in [-0.25, -0.2) is 4.79 Å². The maximum Gasteiger partial charge on any atom is 0.534 e. The first kappa shape index (κ1) is 16.4. The third-order valence-corrected chi connectivity index (χ3v) is 4.51. The van der Waals surface area contributed by atoms with Crippen LogP contribution in [0.2, 0.25) is 0 Å². The van der Waals surface area contributed by atoms with E-state index in [2.05, 4.69) is 16.8 Å². The largest absolute Gasteiger partial charge is 0.534 e. The van der Waals surface area contributed by atoms with E-state index in [-0.39, 0.29) is 0 Å². The van der Waals surface area contributed by atoms with Crippen LogP contribution in [0.3, 0.4) is 0 Å². The molecule has 0 radical (unpaired) electrons. The van der Waals surface area contributed by atoms with Crippen LogP contribution in [0.25, 0.3) is 0 Å². The van der Waals surface area contributed by atoms with Crippen LogP contribution in [-0.2, 0) is 9.57 Å². The van der Waals surface area contributed by atoms with E-state index >= 15 is 0 Å². The highest BCUT2D eigenvalue weighted by Crippen LogP contribution is 2.47. The molecule has 0 aliphatic heterocycles. The quantitative estimate of drug-likeness (QED) is 0.410. The summed E-state index contributed by atoms with van der Waals surface area (Å²) >= 11 is 12.1. The smallest absolute Gasteiger partial charge is 0.436 e. The van der Waals surface area contributed by atoms with Crippen molar-refractivity contribution in [3.8, 4) is 0 Å². The number of carbonyl (C=O) groups excluding carboxylic acids is 1. The summed E-state index contributed by atoms with van der Waals surface area (Å²) in [5.74, 6) is 0.304. The normalized spacial score (nSPS) is 23.3. The molecule has 0 spiro atoms. The maximum atomic E-state index is 11.1. The summed E-state index contributed by atoms with van der Waals surface area (Å²) in [4.78, 5) is 15.8. The van der Waals surface area contributed by atoms with Crippen LogP contribution in [0.15, 0.2) is 26.4 Å². The molecule has 1 unspecified atom stereocenters. The highest BCUT2D eigenvalue weighted by Gasteiger charge is 2.35. The third kappa shape index (κ3) is 3.61. The van der Waals surface area contributed by atoms with Crippen molar-refractivity contribution in [1.82, 2.24) is 0 Å². The van der Waals surface area contributed by atoms with E-state index in [0.717, 1.165) is 49.0 Å². The van der Waals surface area contributed by atoms with Crippen LogP contribution >= 0.6 is 23.2 Å². The Labute approximate surface area is 134 Å². The van der Waals surface area contributed by atoms with Gasteiger partial charge in [0.2, 0.25) is 0 Å². The summed E-state index contributed by atoms with van der Waals surface area (Å²) < 4.78 is 4.79. The second-order valence-corrected chi connectivity index (χ2v) is 6.19. The van der Waals surface area contributed by atoms with E-state index in [1.54, 1.807) is 0 Å². The molecule has 0 saturated heterocycles. The molecule has 1 atom stereocenters. The summed E-state index contributed by atoms with van der Waals surface area (Å²) in [5.41, 5.74) is 4.37. The second kappa shape index (κ2) is 7.32. The molecular weight excluding hydrogens is 313 g/mol. The number of hydrogen-bond donors (Lipinski definition) is 0. The average molecular weight is 332 g/mol. The fraction of sp³-hybridized carbons (Fsp3) is 0.600. The Hall–Kier alpha value is -1.00. The molecule has 0 aromatic carbocycles. The molecule has 21 heavy (non-hydrogen) atoms. The molecule has 0 heterocycles. The van der Waals surface area contributed by atoms with Crippen molar-refractivity contribution >= 4 is 35.1 Å². The van der Waals surface area contributed by atoms with Gasteiger partial charge in [-0.05, 0) is 43.3 Å².